The fourth-order valence-electron chi connectivity index (χ4n) is 4.38. The predicted molar refractivity (Wildman–Crippen MR) is 141 cm³/mol. The molecule has 0 aliphatic carbocycles. The summed E-state index contributed by atoms with van der Waals surface area (Å²) in [7, 11) is 4.16. The maximum atomic E-state index is 13.8. The molecule has 4 aromatic rings. The number of fused-ring (bicyclic) bond motifs is 5. The number of rotatable bonds is 7. The van der Waals surface area contributed by atoms with Crippen molar-refractivity contribution in [1.29, 1.82) is 0 Å². The van der Waals surface area contributed by atoms with Crippen LogP contribution < -0.4 is 4.90 Å². The minimum Gasteiger partial charge on any atom is -0.376 e. The van der Waals surface area contributed by atoms with E-state index < -0.39 is 0 Å². The summed E-state index contributed by atoms with van der Waals surface area (Å²) in [6.45, 7) is 2.36. The monoisotopic (exact) mass is 468 g/mol. The second-order valence-electron chi connectivity index (χ2n) is 8.71. The molecule has 0 saturated heterocycles. The van der Waals surface area contributed by atoms with Crippen LogP contribution in [0.4, 0.5) is 11.4 Å². The molecule has 1 aliphatic rings. The summed E-state index contributed by atoms with van der Waals surface area (Å²) in [5.41, 5.74) is 5.77. The molecule has 4 nitrogen and oxygen atoms in total. The zero-order valence-electron chi connectivity index (χ0n) is 19.5. The lowest BCUT2D eigenvalue weighted by Crippen LogP contribution is -2.26. The average Bonchev–Trinajstić information content (AvgIpc) is 3.24. The number of amides is 1. The first-order valence-corrected chi connectivity index (χ1v) is 12.4. The first kappa shape index (κ1) is 22.5. The second-order valence-corrected chi connectivity index (χ2v) is 9.84. The summed E-state index contributed by atoms with van der Waals surface area (Å²) in [6.07, 6.45) is 1.01. The lowest BCUT2D eigenvalue weighted by atomic mass is 10.0. The normalized spacial score (nSPS) is 12.1. The third kappa shape index (κ3) is 4.42. The van der Waals surface area contributed by atoms with E-state index in [-0.39, 0.29) is 5.91 Å². The SMILES string of the molecule is CN(C)CCCOCc1cc2c(s1)-c1ccccc1N(C(=O)c1ccccc1)c1ccccc1-2. The standard InChI is InChI=1S/C29H28N2O2S/c1-30(2)17-10-18-33-20-22-19-25-23-13-6-8-15-26(23)31(29(32)21-11-4-3-5-12-21)27-16-9-7-14-24(27)28(25)34-22/h3-9,11-16,19H,10,17-18,20H2,1-2H3. The van der Waals surface area contributed by atoms with E-state index in [1.54, 1.807) is 11.3 Å². The molecule has 0 atom stereocenters. The van der Waals surface area contributed by atoms with Gasteiger partial charge in [-0.15, -0.1) is 11.3 Å². The molecule has 172 valence electrons. The Balaban J connectivity index is 1.55. The molecule has 0 fully saturated rings. The van der Waals surface area contributed by atoms with E-state index in [1.165, 1.54) is 9.75 Å². The van der Waals surface area contributed by atoms with Crippen molar-refractivity contribution >= 4 is 28.6 Å². The number of thiophene rings is 1. The third-order valence-corrected chi connectivity index (χ3v) is 7.11. The quantitative estimate of drug-likeness (QED) is 0.278. The lowest BCUT2D eigenvalue weighted by Gasteiger charge is -2.25. The predicted octanol–water partition coefficient (Wildman–Crippen LogP) is 6.84. The molecule has 0 bridgehead atoms. The highest BCUT2D eigenvalue weighted by molar-refractivity contribution is 7.16. The van der Waals surface area contributed by atoms with Gasteiger partial charge in [-0.2, -0.15) is 0 Å². The van der Waals surface area contributed by atoms with Gasteiger partial charge in [0, 0.05) is 38.6 Å². The van der Waals surface area contributed by atoms with Gasteiger partial charge in [-0.05, 0) is 57.4 Å². The summed E-state index contributed by atoms with van der Waals surface area (Å²) < 4.78 is 5.99. The fourth-order valence-corrected chi connectivity index (χ4v) is 5.53. The smallest absolute Gasteiger partial charge is 0.262 e. The molecule has 0 saturated carbocycles. The van der Waals surface area contributed by atoms with Crippen molar-refractivity contribution in [2.75, 3.05) is 32.1 Å². The van der Waals surface area contributed by atoms with Gasteiger partial charge in [-0.25, -0.2) is 0 Å². The summed E-state index contributed by atoms with van der Waals surface area (Å²) >= 11 is 1.76. The number of benzene rings is 3. The maximum absolute atomic E-state index is 13.8. The largest absolute Gasteiger partial charge is 0.376 e. The van der Waals surface area contributed by atoms with Crippen molar-refractivity contribution in [1.82, 2.24) is 4.90 Å². The van der Waals surface area contributed by atoms with Crippen LogP contribution in [0.2, 0.25) is 0 Å². The van der Waals surface area contributed by atoms with E-state index in [9.17, 15) is 4.79 Å². The summed E-state index contributed by atoms with van der Waals surface area (Å²) in [5, 5.41) is 0. The molecule has 1 aliphatic heterocycles. The van der Waals surface area contributed by atoms with E-state index in [1.807, 2.05) is 71.6 Å². The zero-order chi connectivity index (χ0) is 23.5. The molecule has 2 heterocycles. The number of carbonyl (C=O) groups is 1. The number of hydrogen-bond donors (Lipinski definition) is 0. The Labute approximate surface area is 205 Å². The average molecular weight is 469 g/mol. The van der Waals surface area contributed by atoms with Crippen LogP contribution in [0, 0.1) is 0 Å². The van der Waals surface area contributed by atoms with Crippen molar-refractivity contribution in [3.63, 3.8) is 0 Å². The first-order valence-electron chi connectivity index (χ1n) is 11.6. The topological polar surface area (TPSA) is 32.8 Å². The molecule has 5 rings (SSSR count). The van der Waals surface area contributed by atoms with Crippen molar-refractivity contribution in [2.24, 2.45) is 0 Å². The molecular formula is C29H28N2O2S. The van der Waals surface area contributed by atoms with Crippen molar-refractivity contribution in [3.8, 4) is 21.6 Å². The molecular weight excluding hydrogens is 440 g/mol. The van der Waals surface area contributed by atoms with E-state index in [0.29, 0.717) is 12.2 Å². The number of carbonyl (C=O) groups excluding carboxylic acids is 1. The van der Waals surface area contributed by atoms with Crippen molar-refractivity contribution in [2.45, 2.75) is 13.0 Å². The van der Waals surface area contributed by atoms with Crippen LogP contribution in [0.5, 0.6) is 0 Å². The molecule has 34 heavy (non-hydrogen) atoms. The Bertz CT molecular complexity index is 1230. The number of anilines is 2. The number of para-hydroxylation sites is 2. The summed E-state index contributed by atoms with van der Waals surface area (Å²) in [4.78, 5) is 20.2. The van der Waals surface area contributed by atoms with E-state index >= 15 is 0 Å². The van der Waals surface area contributed by atoms with Gasteiger partial charge in [0.1, 0.15) is 0 Å². The van der Waals surface area contributed by atoms with Crippen molar-refractivity contribution < 1.29 is 9.53 Å². The highest BCUT2D eigenvalue weighted by Gasteiger charge is 2.30. The number of nitrogens with zero attached hydrogens (tertiary/aromatic N) is 2. The first-order chi connectivity index (χ1) is 16.6. The summed E-state index contributed by atoms with van der Waals surface area (Å²) in [6, 6.07) is 28.1. The Morgan fingerprint density at radius 3 is 2.24 bits per heavy atom. The molecule has 0 radical (unpaired) electrons. The molecule has 5 heteroatoms. The van der Waals surface area contributed by atoms with E-state index in [2.05, 4.69) is 37.2 Å². The van der Waals surface area contributed by atoms with Crippen LogP contribution in [-0.2, 0) is 11.3 Å². The van der Waals surface area contributed by atoms with E-state index in [4.69, 9.17) is 4.74 Å². The van der Waals surface area contributed by atoms with Crippen LogP contribution in [-0.4, -0.2) is 38.1 Å². The van der Waals surface area contributed by atoms with Gasteiger partial charge >= 0.3 is 0 Å². The van der Waals surface area contributed by atoms with Gasteiger partial charge in [0.05, 0.1) is 18.0 Å². The Morgan fingerprint density at radius 2 is 1.50 bits per heavy atom. The number of hydrogen-bond acceptors (Lipinski definition) is 4. The minimum absolute atomic E-state index is 0.0277. The molecule has 0 N–H and O–H groups in total. The highest BCUT2D eigenvalue weighted by Crippen LogP contribution is 2.51. The minimum atomic E-state index is -0.0277. The molecule has 0 spiro atoms. The maximum Gasteiger partial charge on any atom is 0.262 e. The van der Waals surface area contributed by atoms with Crippen LogP contribution >= 0.6 is 11.3 Å². The van der Waals surface area contributed by atoms with Crippen LogP contribution in [0.1, 0.15) is 21.7 Å². The van der Waals surface area contributed by atoms with Gasteiger partial charge in [0.2, 0.25) is 0 Å². The van der Waals surface area contributed by atoms with Gasteiger partial charge in [-0.3, -0.25) is 9.69 Å². The Hall–Kier alpha value is -3.25. The van der Waals surface area contributed by atoms with Crippen LogP contribution in [0.25, 0.3) is 21.6 Å². The number of ether oxygens (including phenoxy) is 1. The van der Waals surface area contributed by atoms with Gasteiger partial charge in [0.15, 0.2) is 0 Å². The Morgan fingerprint density at radius 1 is 0.853 bits per heavy atom. The zero-order valence-corrected chi connectivity index (χ0v) is 20.3. The van der Waals surface area contributed by atoms with E-state index in [0.717, 1.165) is 47.6 Å². The fraction of sp³-hybridized carbons (Fsp3) is 0.207. The van der Waals surface area contributed by atoms with Crippen LogP contribution in [0.15, 0.2) is 84.9 Å². The van der Waals surface area contributed by atoms with Gasteiger partial charge in [0.25, 0.3) is 5.91 Å². The molecule has 1 aromatic heterocycles. The molecule has 0 unspecified atom stereocenters. The van der Waals surface area contributed by atoms with Crippen molar-refractivity contribution in [3.05, 3.63) is 95.4 Å². The highest BCUT2D eigenvalue weighted by atomic mass is 32.1. The second kappa shape index (κ2) is 9.94. The van der Waals surface area contributed by atoms with Gasteiger partial charge < -0.3 is 9.64 Å². The Kier molecular flexibility index (Phi) is 6.59. The third-order valence-electron chi connectivity index (χ3n) is 5.97. The molecule has 3 aromatic carbocycles. The van der Waals surface area contributed by atoms with Gasteiger partial charge in [-0.1, -0.05) is 54.6 Å². The van der Waals surface area contributed by atoms with Crippen LogP contribution in [0.3, 0.4) is 0 Å². The molecule has 1 amide bonds. The summed E-state index contributed by atoms with van der Waals surface area (Å²) in [5.74, 6) is -0.0277. The lowest BCUT2D eigenvalue weighted by molar-refractivity contribution is 0.0999.